The minimum atomic E-state index is 0.151. The average molecular weight is 685 g/mol. The van der Waals surface area contributed by atoms with Crippen LogP contribution in [0.15, 0.2) is 54.6 Å². The number of hydrogen-bond acceptors (Lipinski definition) is 5. The Labute approximate surface area is 299 Å². The van der Waals surface area contributed by atoms with E-state index in [4.69, 9.17) is 0 Å². The highest BCUT2D eigenvalue weighted by Crippen LogP contribution is 2.68. The second kappa shape index (κ2) is 13.6. The summed E-state index contributed by atoms with van der Waals surface area (Å²) in [6.07, 6.45) is 22.6. The molecule has 0 amide bonds. The van der Waals surface area contributed by atoms with Crippen LogP contribution >= 0.6 is 21.6 Å². The molecule has 6 bridgehead atoms. The van der Waals surface area contributed by atoms with Crippen molar-refractivity contribution in [1.29, 1.82) is 0 Å². The molecule has 3 nitrogen and oxygen atoms in total. The Morgan fingerprint density at radius 2 is 1.83 bits per heavy atom. The highest BCUT2D eigenvalue weighted by atomic mass is 33.1. The van der Waals surface area contributed by atoms with Gasteiger partial charge < -0.3 is 15.7 Å². The Morgan fingerprint density at radius 3 is 2.69 bits per heavy atom. The Bertz CT molecular complexity index is 1490. The summed E-state index contributed by atoms with van der Waals surface area (Å²) in [5.74, 6) is 6.27. The van der Waals surface area contributed by atoms with Gasteiger partial charge in [-0.15, -0.1) is 0 Å². The molecule has 2 aliphatic heterocycles. The van der Waals surface area contributed by atoms with Gasteiger partial charge in [-0.3, -0.25) is 0 Å². The van der Waals surface area contributed by atoms with E-state index in [0.29, 0.717) is 22.5 Å². The third kappa shape index (κ3) is 6.81. The van der Waals surface area contributed by atoms with Gasteiger partial charge in [-0.2, -0.15) is 0 Å². The summed E-state index contributed by atoms with van der Waals surface area (Å²) in [5, 5.41) is 19.5. The molecule has 2 aromatic rings. The normalized spacial score (nSPS) is 41.2. The molecular formula is C43H60N2OS2. The highest BCUT2D eigenvalue weighted by Gasteiger charge is 2.59. The molecule has 0 unspecified atom stereocenters. The van der Waals surface area contributed by atoms with Crippen LogP contribution in [0.2, 0.25) is 0 Å². The first-order chi connectivity index (χ1) is 23.2. The Balaban J connectivity index is 1.20. The van der Waals surface area contributed by atoms with E-state index in [1.807, 2.05) is 6.07 Å². The lowest BCUT2D eigenvalue weighted by Crippen LogP contribution is -2.53. The molecule has 2 spiro atoms. The lowest BCUT2D eigenvalue weighted by Gasteiger charge is -2.61. The maximum Gasteiger partial charge on any atom is 0.116 e. The van der Waals surface area contributed by atoms with Crippen LogP contribution in [0.5, 0.6) is 5.75 Å². The summed E-state index contributed by atoms with van der Waals surface area (Å²) < 4.78 is 0. The number of phenolic OH excluding ortho intramolecular Hbond substituents is 1. The van der Waals surface area contributed by atoms with Crippen molar-refractivity contribution in [2.24, 2.45) is 46.3 Å². The molecule has 3 N–H and O–H groups in total. The zero-order valence-corrected chi connectivity index (χ0v) is 31.4. The predicted molar refractivity (Wildman–Crippen MR) is 205 cm³/mol. The molecule has 0 aromatic heterocycles. The Kier molecular flexibility index (Phi) is 9.57. The molecule has 4 fully saturated rings. The lowest BCUT2D eigenvalue weighted by atomic mass is 9.44. The van der Waals surface area contributed by atoms with Crippen LogP contribution < -0.4 is 10.6 Å². The van der Waals surface area contributed by atoms with Gasteiger partial charge in [0.05, 0.1) is 0 Å². The third-order valence-electron chi connectivity index (χ3n) is 14.2. The standard InChI is InChI=1S/C43H60N2OS2/c1-29-7-6-12-43(22-29)27-42(14-10-30(23-42)25-44-3)24-38-35-17-32-15-31(18-37(46)19-32)16-33-8-4-5-9-34(33)26-45-41(2)13-11-40(48-47-28-41)36(20-35)21-39(38)43/h4-6,8-9,12,15,18-19,29-30,35-36,38-40,44-46H,7,10-11,13-14,16-17,20-28H2,1-3H3/t29-,30-,35+,36-,38-,39-,40-,41+,42-,43+/m1/s1. The second-order valence-electron chi connectivity index (χ2n) is 18.0. The number of aromatic hydroxyl groups is 1. The van der Waals surface area contributed by atoms with E-state index >= 15 is 0 Å². The molecule has 8 rings (SSSR count). The van der Waals surface area contributed by atoms with Crippen molar-refractivity contribution in [3.05, 3.63) is 76.9 Å². The van der Waals surface area contributed by atoms with Gasteiger partial charge in [-0.25, -0.2) is 0 Å². The van der Waals surface area contributed by atoms with Gasteiger partial charge in [0.1, 0.15) is 5.75 Å². The van der Waals surface area contributed by atoms with Gasteiger partial charge >= 0.3 is 0 Å². The number of rotatable bonds is 2. The molecule has 6 aliphatic rings. The molecule has 3 saturated carbocycles. The van der Waals surface area contributed by atoms with E-state index in [1.54, 1.807) is 0 Å². The number of phenols is 1. The Hall–Kier alpha value is -1.40. The van der Waals surface area contributed by atoms with E-state index in [-0.39, 0.29) is 5.54 Å². The maximum absolute atomic E-state index is 11.2. The minimum absolute atomic E-state index is 0.151. The molecular weight excluding hydrogens is 625 g/mol. The van der Waals surface area contributed by atoms with Crippen molar-refractivity contribution in [3.63, 3.8) is 0 Å². The van der Waals surface area contributed by atoms with Gasteiger partial charge in [-0.1, -0.05) is 71.0 Å². The average Bonchev–Trinajstić information content (AvgIpc) is 3.31. The molecule has 0 radical (unpaired) electrons. The van der Waals surface area contributed by atoms with Crippen molar-refractivity contribution >= 4 is 21.6 Å². The van der Waals surface area contributed by atoms with E-state index in [1.165, 1.54) is 105 Å². The zero-order valence-electron chi connectivity index (χ0n) is 29.8. The number of allylic oxidation sites excluding steroid dienone is 2. The third-order valence-corrected chi connectivity index (χ3v) is 17.5. The van der Waals surface area contributed by atoms with Crippen molar-refractivity contribution in [1.82, 2.24) is 10.6 Å². The first-order valence-electron chi connectivity index (χ1n) is 19.5. The first-order valence-corrected chi connectivity index (χ1v) is 21.9. The topological polar surface area (TPSA) is 44.3 Å². The van der Waals surface area contributed by atoms with Gasteiger partial charge in [0.2, 0.25) is 0 Å². The summed E-state index contributed by atoms with van der Waals surface area (Å²) in [4.78, 5) is 0. The summed E-state index contributed by atoms with van der Waals surface area (Å²) in [7, 11) is 6.56. The summed E-state index contributed by atoms with van der Waals surface area (Å²) in [6.45, 7) is 7.12. The number of benzene rings is 2. The van der Waals surface area contributed by atoms with Crippen LogP contribution in [0.25, 0.3) is 0 Å². The summed E-state index contributed by atoms with van der Waals surface area (Å²) in [5.41, 5.74) is 6.42. The van der Waals surface area contributed by atoms with E-state index in [2.05, 4.69) is 102 Å². The summed E-state index contributed by atoms with van der Waals surface area (Å²) >= 11 is 0. The first kappa shape index (κ1) is 33.7. The van der Waals surface area contributed by atoms with Gasteiger partial charge in [0.15, 0.2) is 0 Å². The predicted octanol–water partition coefficient (Wildman–Crippen LogP) is 9.96. The second-order valence-corrected chi connectivity index (χ2v) is 20.6. The van der Waals surface area contributed by atoms with Crippen LogP contribution in [-0.2, 0) is 19.4 Å². The zero-order chi connectivity index (χ0) is 32.9. The molecule has 48 heavy (non-hydrogen) atoms. The van der Waals surface area contributed by atoms with Gasteiger partial charge in [-0.05, 0) is 185 Å². The van der Waals surface area contributed by atoms with E-state index in [0.717, 1.165) is 54.2 Å². The summed E-state index contributed by atoms with van der Waals surface area (Å²) in [6, 6.07) is 15.6. The molecule has 4 aliphatic carbocycles. The fraction of sp³-hybridized carbons (Fsp3) is 0.674. The number of fused-ring (bicyclic) bond motifs is 12. The lowest BCUT2D eigenvalue weighted by molar-refractivity contribution is -0.0848. The van der Waals surface area contributed by atoms with Gasteiger partial charge in [0, 0.05) is 23.1 Å². The van der Waals surface area contributed by atoms with Crippen molar-refractivity contribution in [3.8, 4) is 5.75 Å². The van der Waals surface area contributed by atoms with E-state index < -0.39 is 0 Å². The maximum atomic E-state index is 11.2. The van der Waals surface area contributed by atoms with Crippen LogP contribution in [0.4, 0.5) is 0 Å². The molecule has 10 atom stereocenters. The monoisotopic (exact) mass is 684 g/mol. The SMILES string of the molecule is CNC[C@@H]1CC[C@@]2(C1)C[C@@H]1[C@H]3Cc4cc(O)cc(c4)Cc4ccccc4CN[C@@]4(C)CC[C@@H](SSC4)[C@H](C3)C[C@H]1[C@]1(C=CC[C@@H](C)C1)C2. The van der Waals surface area contributed by atoms with Crippen molar-refractivity contribution in [2.45, 2.75) is 115 Å². The van der Waals surface area contributed by atoms with Gasteiger partial charge in [0.25, 0.3) is 0 Å². The molecule has 1 saturated heterocycles. The minimum Gasteiger partial charge on any atom is -0.508 e. The number of hydrogen-bond donors (Lipinski definition) is 3. The van der Waals surface area contributed by atoms with Crippen LogP contribution in [0, 0.1) is 46.3 Å². The highest BCUT2D eigenvalue weighted by molar-refractivity contribution is 8.77. The largest absolute Gasteiger partial charge is 0.508 e. The molecule has 5 heteroatoms. The van der Waals surface area contributed by atoms with Crippen molar-refractivity contribution < 1.29 is 5.11 Å². The van der Waals surface area contributed by atoms with Crippen molar-refractivity contribution in [2.75, 3.05) is 19.3 Å². The van der Waals surface area contributed by atoms with E-state index in [9.17, 15) is 5.11 Å². The molecule has 260 valence electrons. The molecule has 2 aromatic carbocycles. The molecule has 2 heterocycles. The Morgan fingerprint density at radius 1 is 0.979 bits per heavy atom. The van der Waals surface area contributed by atoms with Crippen LogP contribution in [-0.4, -0.2) is 35.2 Å². The fourth-order valence-electron chi connectivity index (χ4n) is 12.3. The van der Waals surface area contributed by atoms with Crippen LogP contribution in [0.1, 0.15) is 107 Å². The number of nitrogens with one attached hydrogen (secondary N) is 2. The fourth-order valence-corrected chi connectivity index (χ4v) is 15.9. The smallest absolute Gasteiger partial charge is 0.116 e. The quantitative estimate of drug-likeness (QED) is 0.217. The van der Waals surface area contributed by atoms with Crippen LogP contribution in [0.3, 0.4) is 0 Å².